The van der Waals surface area contributed by atoms with Crippen LogP contribution in [0.4, 0.5) is 14.5 Å². The van der Waals surface area contributed by atoms with Gasteiger partial charge in [0.15, 0.2) is 0 Å². The Morgan fingerprint density at radius 2 is 1.63 bits per heavy atom. The van der Waals surface area contributed by atoms with E-state index in [0.717, 1.165) is 17.0 Å². The molecule has 0 aliphatic rings. The summed E-state index contributed by atoms with van der Waals surface area (Å²) in [5, 5.41) is 10.3. The SMILES string of the molecule is C#CCN(C(=O)c1cn(-c2cc(OCC)cc(OCC)c2)c2cc(O)ccc2c1=O)c1cc(F)cc(F)c1. The van der Waals surface area contributed by atoms with Crippen LogP contribution in [0.2, 0.25) is 0 Å². The van der Waals surface area contributed by atoms with Crippen molar-refractivity contribution in [2.75, 3.05) is 24.7 Å². The van der Waals surface area contributed by atoms with Gasteiger partial charge in [-0.1, -0.05) is 5.92 Å². The van der Waals surface area contributed by atoms with Gasteiger partial charge in [-0.25, -0.2) is 8.78 Å². The molecule has 0 radical (unpaired) electrons. The van der Waals surface area contributed by atoms with Crippen LogP contribution in [0.25, 0.3) is 16.6 Å². The Morgan fingerprint density at radius 3 is 2.21 bits per heavy atom. The Kier molecular flexibility index (Phi) is 7.63. The van der Waals surface area contributed by atoms with Crippen molar-refractivity contribution in [1.29, 1.82) is 0 Å². The van der Waals surface area contributed by atoms with Gasteiger partial charge in [-0.15, -0.1) is 6.42 Å². The van der Waals surface area contributed by atoms with Crippen LogP contribution in [0.1, 0.15) is 24.2 Å². The van der Waals surface area contributed by atoms with Crippen LogP contribution >= 0.6 is 0 Å². The molecule has 1 heterocycles. The van der Waals surface area contributed by atoms with Crippen molar-refractivity contribution >= 4 is 22.5 Å². The lowest BCUT2D eigenvalue weighted by Crippen LogP contribution is -2.35. The average Bonchev–Trinajstić information content (AvgIpc) is 2.86. The van der Waals surface area contributed by atoms with E-state index < -0.39 is 23.0 Å². The van der Waals surface area contributed by atoms with Gasteiger partial charge in [-0.3, -0.25) is 14.5 Å². The maximum Gasteiger partial charge on any atom is 0.264 e. The van der Waals surface area contributed by atoms with Gasteiger partial charge >= 0.3 is 0 Å². The van der Waals surface area contributed by atoms with Gasteiger partial charge in [0, 0.05) is 41.9 Å². The third kappa shape index (κ3) is 5.30. The molecule has 0 aliphatic carbocycles. The molecule has 194 valence electrons. The van der Waals surface area contributed by atoms with Gasteiger partial charge < -0.3 is 19.1 Å². The van der Waals surface area contributed by atoms with Crippen LogP contribution < -0.4 is 19.8 Å². The molecule has 4 rings (SSSR count). The second-order valence-electron chi connectivity index (χ2n) is 8.20. The number of benzene rings is 3. The minimum atomic E-state index is -0.905. The van der Waals surface area contributed by atoms with Crippen molar-refractivity contribution in [3.63, 3.8) is 0 Å². The first kappa shape index (κ1) is 26.2. The number of carbonyl (C=O) groups excluding carboxylic acids is 1. The molecule has 7 nitrogen and oxygen atoms in total. The third-order valence-corrected chi connectivity index (χ3v) is 5.64. The second kappa shape index (κ2) is 11.0. The molecular formula is C29H24F2N2O5. The number of aromatic nitrogens is 1. The second-order valence-corrected chi connectivity index (χ2v) is 8.20. The predicted molar refractivity (Wildman–Crippen MR) is 140 cm³/mol. The highest BCUT2D eigenvalue weighted by molar-refractivity contribution is 6.08. The van der Waals surface area contributed by atoms with Crippen molar-refractivity contribution < 1.29 is 28.2 Å². The minimum Gasteiger partial charge on any atom is -0.508 e. The van der Waals surface area contributed by atoms with Crippen molar-refractivity contribution in [1.82, 2.24) is 4.57 Å². The molecule has 9 heteroatoms. The molecule has 1 amide bonds. The lowest BCUT2D eigenvalue weighted by Gasteiger charge is -2.22. The zero-order valence-corrected chi connectivity index (χ0v) is 20.7. The average molecular weight is 519 g/mol. The lowest BCUT2D eigenvalue weighted by atomic mass is 10.1. The van der Waals surface area contributed by atoms with Crippen LogP contribution in [-0.2, 0) is 0 Å². The van der Waals surface area contributed by atoms with Crippen LogP contribution in [0.5, 0.6) is 17.2 Å². The largest absolute Gasteiger partial charge is 0.508 e. The maximum absolute atomic E-state index is 14.0. The molecule has 0 aliphatic heterocycles. The lowest BCUT2D eigenvalue weighted by molar-refractivity contribution is 0.0988. The predicted octanol–water partition coefficient (Wildman–Crippen LogP) is 5.05. The first-order valence-corrected chi connectivity index (χ1v) is 11.8. The molecule has 0 fully saturated rings. The first-order chi connectivity index (χ1) is 18.2. The topological polar surface area (TPSA) is 81.0 Å². The number of anilines is 1. The number of hydrogen-bond donors (Lipinski definition) is 1. The van der Waals surface area contributed by atoms with Gasteiger partial charge in [0.05, 0.1) is 36.6 Å². The maximum atomic E-state index is 14.0. The highest BCUT2D eigenvalue weighted by atomic mass is 19.1. The van der Waals surface area contributed by atoms with E-state index in [4.69, 9.17) is 15.9 Å². The molecule has 0 spiro atoms. The van der Waals surface area contributed by atoms with Gasteiger partial charge in [-0.2, -0.15) is 0 Å². The van der Waals surface area contributed by atoms with Gasteiger partial charge in [0.1, 0.15) is 34.4 Å². The quantitative estimate of drug-likeness (QED) is 0.330. The molecule has 0 saturated carbocycles. The Bertz CT molecular complexity index is 1580. The molecule has 3 aromatic carbocycles. The molecule has 4 aromatic rings. The summed E-state index contributed by atoms with van der Waals surface area (Å²) >= 11 is 0. The molecule has 1 N–H and O–H groups in total. The molecule has 0 bridgehead atoms. The van der Waals surface area contributed by atoms with Crippen molar-refractivity contribution in [2.24, 2.45) is 0 Å². The number of nitrogens with zero attached hydrogens (tertiary/aromatic N) is 2. The standard InChI is InChI=1S/C29H24F2N2O5/c1-4-9-32(20-11-18(30)10-19(31)12-20)29(36)26-17-33(27-15-22(34)7-8-25(27)28(26)35)21-13-23(37-5-2)16-24(14-21)38-6-3/h1,7-8,10-17,34H,5-6,9H2,2-3H3. The highest BCUT2D eigenvalue weighted by Gasteiger charge is 2.24. The molecule has 38 heavy (non-hydrogen) atoms. The highest BCUT2D eigenvalue weighted by Crippen LogP contribution is 2.29. The molecule has 0 unspecified atom stereocenters. The summed E-state index contributed by atoms with van der Waals surface area (Å²) in [7, 11) is 0. The number of pyridine rings is 1. The number of ether oxygens (including phenoxy) is 2. The molecule has 0 atom stereocenters. The zero-order chi connectivity index (χ0) is 27.4. The van der Waals surface area contributed by atoms with E-state index >= 15 is 0 Å². The number of rotatable bonds is 8. The van der Waals surface area contributed by atoms with E-state index in [2.05, 4.69) is 5.92 Å². The van der Waals surface area contributed by atoms with E-state index in [0.29, 0.717) is 42.0 Å². The monoisotopic (exact) mass is 518 g/mol. The normalized spacial score (nSPS) is 10.7. The number of fused-ring (bicyclic) bond motifs is 1. The number of aromatic hydroxyl groups is 1. The summed E-state index contributed by atoms with van der Waals surface area (Å²) in [6, 6.07) is 11.8. The summed E-state index contributed by atoms with van der Waals surface area (Å²) in [5.41, 5.74) is -0.305. The van der Waals surface area contributed by atoms with Crippen molar-refractivity contribution in [2.45, 2.75) is 13.8 Å². The van der Waals surface area contributed by atoms with E-state index in [-0.39, 0.29) is 28.9 Å². The van der Waals surface area contributed by atoms with Crippen LogP contribution in [0.15, 0.2) is 65.6 Å². The summed E-state index contributed by atoms with van der Waals surface area (Å²) in [5.74, 6) is 0.500. The Labute approximate surface area is 217 Å². The van der Waals surface area contributed by atoms with E-state index in [9.17, 15) is 23.5 Å². The van der Waals surface area contributed by atoms with E-state index in [1.165, 1.54) is 29.0 Å². The first-order valence-electron chi connectivity index (χ1n) is 11.8. The summed E-state index contributed by atoms with van der Waals surface area (Å²) in [6.45, 7) is 4.08. The van der Waals surface area contributed by atoms with Crippen molar-refractivity contribution in [3.05, 3.63) is 88.2 Å². The number of phenols is 1. The van der Waals surface area contributed by atoms with E-state index in [1.807, 2.05) is 13.8 Å². The fourth-order valence-electron chi connectivity index (χ4n) is 4.09. The summed E-state index contributed by atoms with van der Waals surface area (Å²) < 4.78 is 40.8. The smallest absolute Gasteiger partial charge is 0.264 e. The van der Waals surface area contributed by atoms with E-state index in [1.54, 1.807) is 18.2 Å². The number of halogens is 2. The number of carbonyl (C=O) groups is 1. The third-order valence-electron chi connectivity index (χ3n) is 5.64. The Balaban J connectivity index is 1.98. The van der Waals surface area contributed by atoms with Gasteiger partial charge in [0.25, 0.3) is 5.91 Å². The zero-order valence-electron chi connectivity index (χ0n) is 20.7. The number of phenolic OH excluding ortho intramolecular Hbond substituents is 1. The fourth-order valence-corrected chi connectivity index (χ4v) is 4.09. The van der Waals surface area contributed by atoms with Gasteiger partial charge in [0.2, 0.25) is 5.43 Å². The van der Waals surface area contributed by atoms with Crippen LogP contribution in [0, 0.1) is 24.0 Å². The Hall–Kier alpha value is -4.84. The number of amides is 1. The fraction of sp³-hybridized carbons (Fsp3) is 0.172. The number of hydrogen-bond acceptors (Lipinski definition) is 5. The molecular weight excluding hydrogens is 494 g/mol. The summed E-state index contributed by atoms with van der Waals surface area (Å²) in [4.78, 5) is 28.1. The van der Waals surface area contributed by atoms with Crippen molar-refractivity contribution in [3.8, 4) is 35.3 Å². The van der Waals surface area contributed by atoms with Crippen LogP contribution in [-0.4, -0.2) is 35.3 Å². The molecule has 0 saturated heterocycles. The van der Waals surface area contributed by atoms with Crippen LogP contribution in [0.3, 0.4) is 0 Å². The summed E-state index contributed by atoms with van der Waals surface area (Å²) in [6.07, 6.45) is 6.74. The van der Waals surface area contributed by atoms with Gasteiger partial charge in [-0.05, 0) is 38.1 Å². The minimum absolute atomic E-state index is 0.0973. The number of terminal acetylenes is 1. The molecule has 1 aromatic heterocycles. The Morgan fingerprint density at radius 1 is 1.00 bits per heavy atom.